The smallest absolute Gasteiger partial charge is 0.387 e. The minimum Gasteiger partial charge on any atom is -0.434 e. The number of carbonyl (C=O) groups excluding carboxylic acids is 1. The minimum atomic E-state index is -2.88. The van der Waals surface area contributed by atoms with E-state index >= 15 is 0 Å². The van der Waals surface area contributed by atoms with Gasteiger partial charge in [0.15, 0.2) is 0 Å². The van der Waals surface area contributed by atoms with Gasteiger partial charge >= 0.3 is 6.61 Å². The second-order valence-corrected chi connectivity index (χ2v) is 5.42. The molecule has 1 N–H and O–H groups in total. The van der Waals surface area contributed by atoms with Crippen molar-refractivity contribution in [2.75, 3.05) is 0 Å². The van der Waals surface area contributed by atoms with Crippen molar-refractivity contribution in [3.63, 3.8) is 0 Å². The minimum absolute atomic E-state index is 0.0526. The molecular weight excluding hydrogens is 278 g/mol. The first-order chi connectivity index (χ1) is 10.1. The van der Waals surface area contributed by atoms with E-state index in [-0.39, 0.29) is 29.9 Å². The lowest BCUT2D eigenvalue weighted by molar-refractivity contribution is -0.130. The van der Waals surface area contributed by atoms with Crippen LogP contribution in [-0.2, 0) is 4.79 Å². The molecule has 1 amide bonds. The normalized spacial score (nSPS) is 25.7. The topological polar surface area (TPSA) is 41.6 Å². The van der Waals surface area contributed by atoms with E-state index in [1.54, 1.807) is 23.1 Å². The molecule has 0 aromatic heterocycles. The Morgan fingerprint density at radius 1 is 1.38 bits per heavy atom. The van der Waals surface area contributed by atoms with E-state index in [0.717, 1.165) is 12.8 Å². The van der Waals surface area contributed by atoms with Gasteiger partial charge < -0.3 is 9.64 Å². The molecule has 1 heterocycles. The van der Waals surface area contributed by atoms with Crippen LogP contribution >= 0.6 is 0 Å². The maximum absolute atomic E-state index is 12.6. The average Bonchev–Trinajstić information content (AvgIpc) is 3.23. The summed E-state index contributed by atoms with van der Waals surface area (Å²) in [6.07, 6.45) is 2.23. The molecule has 1 saturated carbocycles. The van der Waals surface area contributed by atoms with Crippen molar-refractivity contribution in [3.05, 3.63) is 29.8 Å². The van der Waals surface area contributed by atoms with E-state index in [1.807, 2.05) is 6.92 Å². The highest BCUT2D eigenvalue weighted by Crippen LogP contribution is 2.40. The lowest BCUT2D eigenvalue weighted by Crippen LogP contribution is -2.33. The third-order valence-corrected chi connectivity index (χ3v) is 3.97. The van der Waals surface area contributed by atoms with Gasteiger partial charge in [0.25, 0.3) is 0 Å². The summed E-state index contributed by atoms with van der Waals surface area (Å²) in [4.78, 5) is 14.2. The number of hydrogen-bond donors (Lipinski definition) is 1. The predicted molar refractivity (Wildman–Crippen MR) is 72.9 cm³/mol. The molecule has 0 radical (unpaired) electrons. The number of halogens is 2. The molecule has 2 atom stereocenters. The first-order valence-corrected chi connectivity index (χ1v) is 7.23. The molecule has 4 nitrogen and oxygen atoms in total. The summed E-state index contributed by atoms with van der Waals surface area (Å²) in [6, 6.07) is 6.62. The molecule has 0 spiro atoms. The summed E-state index contributed by atoms with van der Waals surface area (Å²) in [7, 11) is 0. The Hall–Kier alpha value is -1.69. The SMILES string of the molecule is CCC1NC(c2ccccc2OC(F)F)N(C2CC2)C1=O. The van der Waals surface area contributed by atoms with Gasteiger partial charge in [-0.25, -0.2) is 0 Å². The fourth-order valence-electron chi connectivity index (χ4n) is 2.83. The zero-order valence-corrected chi connectivity index (χ0v) is 11.8. The fourth-order valence-corrected chi connectivity index (χ4v) is 2.83. The Bertz CT molecular complexity index is 534. The molecule has 3 rings (SSSR count). The predicted octanol–water partition coefficient (Wildman–Crippen LogP) is 2.66. The molecular formula is C15H18F2N2O2. The lowest BCUT2D eigenvalue weighted by Gasteiger charge is -2.25. The van der Waals surface area contributed by atoms with Crippen molar-refractivity contribution in [1.82, 2.24) is 10.2 Å². The number of alkyl halides is 2. The highest BCUT2D eigenvalue weighted by Gasteiger charge is 2.46. The molecule has 1 aromatic rings. The van der Waals surface area contributed by atoms with Crippen molar-refractivity contribution in [2.24, 2.45) is 0 Å². The second kappa shape index (κ2) is 5.60. The summed E-state index contributed by atoms with van der Waals surface area (Å²) < 4.78 is 29.7. The van der Waals surface area contributed by atoms with Gasteiger partial charge in [-0.2, -0.15) is 8.78 Å². The van der Waals surface area contributed by atoms with Crippen molar-refractivity contribution in [1.29, 1.82) is 0 Å². The molecule has 2 unspecified atom stereocenters. The van der Waals surface area contributed by atoms with Gasteiger partial charge in [0.1, 0.15) is 11.9 Å². The number of carbonyl (C=O) groups is 1. The first-order valence-electron chi connectivity index (χ1n) is 7.23. The zero-order valence-electron chi connectivity index (χ0n) is 11.8. The van der Waals surface area contributed by atoms with Crippen molar-refractivity contribution >= 4 is 5.91 Å². The molecule has 2 fully saturated rings. The number of nitrogens with one attached hydrogen (secondary N) is 1. The summed E-state index contributed by atoms with van der Waals surface area (Å²) in [5, 5.41) is 3.24. The van der Waals surface area contributed by atoms with Crippen LogP contribution in [-0.4, -0.2) is 29.5 Å². The second-order valence-electron chi connectivity index (χ2n) is 5.42. The van der Waals surface area contributed by atoms with Crippen LogP contribution < -0.4 is 10.1 Å². The average molecular weight is 296 g/mol. The van der Waals surface area contributed by atoms with Crippen LogP contribution in [0.3, 0.4) is 0 Å². The molecule has 1 aliphatic heterocycles. The molecule has 1 aromatic carbocycles. The van der Waals surface area contributed by atoms with Gasteiger partial charge in [0.2, 0.25) is 5.91 Å². The number of rotatable bonds is 5. The van der Waals surface area contributed by atoms with Crippen LogP contribution in [0.5, 0.6) is 5.75 Å². The van der Waals surface area contributed by atoms with E-state index < -0.39 is 6.61 Å². The number of hydrogen-bond acceptors (Lipinski definition) is 3. The summed E-state index contributed by atoms with van der Waals surface area (Å²) in [5.41, 5.74) is 0.592. The molecule has 1 saturated heterocycles. The fraction of sp³-hybridized carbons (Fsp3) is 0.533. The Morgan fingerprint density at radius 2 is 2.10 bits per heavy atom. The van der Waals surface area contributed by atoms with E-state index in [1.165, 1.54) is 6.07 Å². The van der Waals surface area contributed by atoms with Gasteiger partial charge in [-0.1, -0.05) is 25.1 Å². The monoisotopic (exact) mass is 296 g/mol. The van der Waals surface area contributed by atoms with Gasteiger partial charge in [0.05, 0.1) is 6.04 Å². The number of amides is 1. The van der Waals surface area contributed by atoms with Crippen LogP contribution in [0.4, 0.5) is 8.78 Å². The lowest BCUT2D eigenvalue weighted by atomic mass is 10.1. The largest absolute Gasteiger partial charge is 0.434 e. The summed E-state index contributed by atoms with van der Waals surface area (Å²) >= 11 is 0. The molecule has 21 heavy (non-hydrogen) atoms. The van der Waals surface area contributed by atoms with Crippen LogP contribution in [0.1, 0.15) is 37.9 Å². The molecule has 2 aliphatic rings. The Kier molecular flexibility index (Phi) is 3.80. The molecule has 6 heteroatoms. The van der Waals surface area contributed by atoms with Crippen molar-refractivity contribution in [2.45, 2.75) is 51.0 Å². The van der Waals surface area contributed by atoms with E-state index in [2.05, 4.69) is 10.1 Å². The standard InChI is InChI=1S/C15H18F2N2O2/c1-2-11-14(20)19(9-7-8-9)13(18-11)10-5-3-4-6-12(10)21-15(16)17/h3-6,9,11,13,15,18H,2,7-8H2,1H3. The third-order valence-electron chi connectivity index (χ3n) is 3.97. The van der Waals surface area contributed by atoms with Crippen LogP contribution in [0.15, 0.2) is 24.3 Å². The van der Waals surface area contributed by atoms with Crippen LogP contribution in [0.25, 0.3) is 0 Å². The third kappa shape index (κ3) is 2.72. The maximum atomic E-state index is 12.6. The zero-order chi connectivity index (χ0) is 15.0. The number of benzene rings is 1. The number of ether oxygens (including phenoxy) is 1. The van der Waals surface area contributed by atoms with Gasteiger partial charge in [-0.05, 0) is 25.3 Å². The van der Waals surface area contributed by atoms with Crippen LogP contribution in [0, 0.1) is 0 Å². The molecule has 0 bridgehead atoms. The Labute approximate surface area is 122 Å². The van der Waals surface area contributed by atoms with Gasteiger partial charge in [-0.15, -0.1) is 0 Å². The number of para-hydroxylation sites is 1. The van der Waals surface area contributed by atoms with Gasteiger partial charge in [-0.3, -0.25) is 10.1 Å². The quantitative estimate of drug-likeness (QED) is 0.908. The molecule has 1 aliphatic carbocycles. The van der Waals surface area contributed by atoms with Gasteiger partial charge in [0, 0.05) is 11.6 Å². The number of nitrogens with zero attached hydrogens (tertiary/aromatic N) is 1. The van der Waals surface area contributed by atoms with Crippen molar-refractivity contribution in [3.8, 4) is 5.75 Å². The van der Waals surface area contributed by atoms with Crippen LogP contribution in [0.2, 0.25) is 0 Å². The Morgan fingerprint density at radius 3 is 2.71 bits per heavy atom. The highest BCUT2D eigenvalue weighted by atomic mass is 19.3. The first kappa shape index (κ1) is 14.3. The van der Waals surface area contributed by atoms with E-state index in [0.29, 0.717) is 12.0 Å². The van der Waals surface area contributed by atoms with E-state index in [9.17, 15) is 13.6 Å². The molecule has 114 valence electrons. The summed E-state index contributed by atoms with van der Waals surface area (Å²) in [6.45, 7) is -0.940. The maximum Gasteiger partial charge on any atom is 0.387 e. The highest BCUT2D eigenvalue weighted by molar-refractivity contribution is 5.85. The Balaban J connectivity index is 1.93. The van der Waals surface area contributed by atoms with E-state index in [4.69, 9.17) is 0 Å². The summed E-state index contributed by atoms with van der Waals surface area (Å²) in [5.74, 6) is 0.178. The van der Waals surface area contributed by atoms with Crippen molar-refractivity contribution < 1.29 is 18.3 Å².